The zero-order valence-electron chi connectivity index (χ0n) is 11.4. The Labute approximate surface area is 105 Å². The van der Waals surface area contributed by atoms with Crippen LogP contribution in [-0.4, -0.2) is 55.2 Å². The molecule has 1 aliphatic rings. The molecule has 1 aliphatic heterocycles. The van der Waals surface area contributed by atoms with Crippen molar-refractivity contribution in [2.45, 2.75) is 33.6 Å². The number of likely N-dealkylation sites (tertiary alicyclic amines) is 1. The molecule has 0 aliphatic carbocycles. The SMILES string of the molecule is CCN(CC)CCOC(=O)N1CCC(C)CC1. The van der Waals surface area contributed by atoms with Crippen molar-refractivity contribution in [3.8, 4) is 0 Å². The van der Waals surface area contributed by atoms with E-state index in [-0.39, 0.29) is 6.09 Å². The first-order valence-corrected chi connectivity index (χ1v) is 6.81. The molecule has 0 aromatic carbocycles. The van der Waals surface area contributed by atoms with E-state index in [4.69, 9.17) is 4.74 Å². The van der Waals surface area contributed by atoms with Crippen LogP contribution in [0.5, 0.6) is 0 Å². The fourth-order valence-corrected chi connectivity index (χ4v) is 2.08. The molecular weight excluding hydrogens is 216 g/mol. The van der Waals surface area contributed by atoms with Crippen molar-refractivity contribution in [3.05, 3.63) is 0 Å². The van der Waals surface area contributed by atoms with Crippen LogP contribution in [0, 0.1) is 5.92 Å². The second-order valence-electron chi connectivity index (χ2n) is 4.81. The first-order chi connectivity index (χ1) is 8.17. The van der Waals surface area contributed by atoms with Gasteiger partial charge in [0.15, 0.2) is 0 Å². The lowest BCUT2D eigenvalue weighted by Crippen LogP contribution is -2.39. The quantitative estimate of drug-likeness (QED) is 0.741. The zero-order chi connectivity index (χ0) is 12.7. The van der Waals surface area contributed by atoms with Gasteiger partial charge in [-0.05, 0) is 31.8 Å². The predicted octanol–water partition coefficient (Wildman–Crippen LogP) is 2.20. The number of ether oxygens (including phenoxy) is 1. The second kappa shape index (κ2) is 7.54. The topological polar surface area (TPSA) is 32.8 Å². The molecule has 0 atom stereocenters. The summed E-state index contributed by atoms with van der Waals surface area (Å²) in [7, 11) is 0. The molecule has 100 valence electrons. The number of carbonyl (C=O) groups excluding carboxylic acids is 1. The van der Waals surface area contributed by atoms with Crippen LogP contribution in [0.4, 0.5) is 4.79 Å². The Kier molecular flexibility index (Phi) is 6.34. The molecule has 1 saturated heterocycles. The first kappa shape index (κ1) is 14.3. The average molecular weight is 242 g/mol. The first-order valence-electron chi connectivity index (χ1n) is 6.81. The fourth-order valence-electron chi connectivity index (χ4n) is 2.08. The van der Waals surface area contributed by atoms with Crippen LogP contribution in [0.15, 0.2) is 0 Å². The summed E-state index contributed by atoms with van der Waals surface area (Å²) < 4.78 is 5.30. The van der Waals surface area contributed by atoms with Gasteiger partial charge in [-0.15, -0.1) is 0 Å². The summed E-state index contributed by atoms with van der Waals surface area (Å²) in [6.45, 7) is 11.5. The lowest BCUT2D eigenvalue weighted by atomic mass is 10.00. The summed E-state index contributed by atoms with van der Waals surface area (Å²) in [5.74, 6) is 0.745. The standard InChI is InChI=1S/C13H26N2O2/c1-4-14(5-2)10-11-17-13(16)15-8-6-12(3)7-9-15/h12H,4-11H2,1-3H3. The highest BCUT2D eigenvalue weighted by atomic mass is 16.6. The van der Waals surface area contributed by atoms with Crippen LogP contribution in [0.25, 0.3) is 0 Å². The third-order valence-electron chi connectivity index (χ3n) is 3.57. The Hall–Kier alpha value is -0.770. The molecule has 0 N–H and O–H groups in total. The molecule has 4 heteroatoms. The molecule has 1 heterocycles. The summed E-state index contributed by atoms with van der Waals surface area (Å²) in [5.41, 5.74) is 0. The van der Waals surface area contributed by atoms with Crippen molar-refractivity contribution in [1.82, 2.24) is 9.80 Å². The number of hydrogen-bond donors (Lipinski definition) is 0. The second-order valence-corrected chi connectivity index (χ2v) is 4.81. The van der Waals surface area contributed by atoms with Crippen LogP contribution >= 0.6 is 0 Å². The van der Waals surface area contributed by atoms with Crippen LogP contribution in [0.2, 0.25) is 0 Å². The molecule has 17 heavy (non-hydrogen) atoms. The number of hydrogen-bond acceptors (Lipinski definition) is 3. The van der Waals surface area contributed by atoms with Crippen molar-refractivity contribution in [2.75, 3.05) is 39.3 Å². The molecule has 4 nitrogen and oxygen atoms in total. The van der Waals surface area contributed by atoms with Gasteiger partial charge >= 0.3 is 6.09 Å². The zero-order valence-corrected chi connectivity index (χ0v) is 11.4. The molecule has 0 spiro atoms. The van der Waals surface area contributed by atoms with E-state index >= 15 is 0 Å². The largest absolute Gasteiger partial charge is 0.448 e. The van der Waals surface area contributed by atoms with E-state index in [2.05, 4.69) is 25.7 Å². The Morgan fingerprint density at radius 2 is 1.88 bits per heavy atom. The van der Waals surface area contributed by atoms with Crippen molar-refractivity contribution in [3.63, 3.8) is 0 Å². The monoisotopic (exact) mass is 242 g/mol. The van der Waals surface area contributed by atoms with E-state index in [9.17, 15) is 4.79 Å². The van der Waals surface area contributed by atoms with Gasteiger partial charge in [0, 0.05) is 19.6 Å². The van der Waals surface area contributed by atoms with Crippen LogP contribution in [-0.2, 0) is 4.74 Å². The van der Waals surface area contributed by atoms with E-state index in [0.717, 1.165) is 51.5 Å². The molecule has 0 aromatic rings. The van der Waals surface area contributed by atoms with Crippen molar-refractivity contribution in [1.29, 1.82) is 0 Å². The maximum absolute atomic E-state index is 11.7. The molecule has 1 fully saturated rings. The number of likely N-dealkylation sites (N-methyl/N-ethyl adjacent to an activating group) is 1. The third-order valence-corrected chi connectivity index (χ3v) is 3.57. The van der Waals surface area contributed by atoms with Crippen LogP contribution < -0.4 is 0 Å². The van der Waals surface area contributed by atoms with Gasteiger partial charge in [-0.1, -0.05) is 20.8 Å². The average Bonchev–Trinajstić information content (AvgIpc) is 2.35. The van der Waals surface area contributed by atoms with E-state index in [1.807, 2.05) is 4.90 Å². The van der Waals surface area contributed by atoms with Gasteiger partial charge in [0.25, 0.3) is 0 Å². The van der Waals surface area contributed by atoms with Crippen molar-refractivity contribution in [2.24, 2.45) is 5.92 Å². The van der Waals surface area contributed by atoms with Crippen LogP contribution in [0.3, 0.4) is 0 Å². The molecule has 0 saturated carbocycles. The summed E-state index contributed by atoms with van der Waals surface area (Å²) >= 11 is 0. The third kappa shape index (κ3) is 4.94. The minimum atomic E-state index is -0.135. The summed E-state index contributed by atoms with van der Waals surface area (Å²) in [6, 6.07) is 0. The molecule has 0 bridgehead atoms. The minimum absolute atomic E-state index is 0.135. The number of carbonyl (C=O) groups is 1. The predicted molar refractivity (Wildman–Crippen MR) is 69.1 cm³/mol. The molecule has 1 amide bonds. The summed E-state index contributed by atoms with van der Waals surface area (Å²) in [6.07, 6.45) is 2.07. The maximum Gasteiger partial charge on any atom is 0.409 e. The Bertz CT molecular complexity index is 221. The van der Waals surface area contributed by atoms with Gasteiger partial charge in [-0.3, -0.25) is 0 Å². The Balaban J connectivity index is 2.16. The van der Waals surface area contributed by atoms with Gasteiger partial charge in [0.05, 0.1) is 0 Å². The van der Waals surface area contributed by atoms with E-state index < -0.39 is 0 Å². The number of rotatable bonds is 5. The highest BCUT2D eigenvalue weighted by molar-refractivity contribution is 5.67. The van der Waals surface area contributed by atoms with Gasteiger partial charge in [-0.25, -0.2) is 4.79 Å². The van der Waals surface area contributed by atoms with Gasteiger partial charge in [0.2, 0.25) is 0 Å². The highest BCUT2D eigenvalue weighted by Crippen LogP contribution is 2.16. The van der Waals surface area contributed by atoms with Gasteiger partial charge in [0.1, 0.15) is 6.61 Å². The fraction of sp³-hybridized carbons (Fsp3) is 0.923. The molecular formula is C13H26N2O2. The Morgan fingerprint density at radius 3 is 2.41 bits per heavy atom. The van der Waals surface area contributed by atoms with Gasteiger partial charge in [-0.2, -0.15) is 0 Å². The van der Waals surface area contributed by atoms with Crippen LogP contribution in [0.1, 0.15) is 33.6 Å². The van der Waals surface area contributed by atoms with E-state index in [0.29, 0.717) is 6.61 Å². The molecule has 1 rings (SSSR count). The smallest absolute Gasteiger partial charge is 0.409 e. The number of amides is 1. The number of piperidine rings is 1. The molecule has 0 unspecified atom stereocenters. The normalized spacial score (nSPS) is 17.5. The molecule has 0 radical (unpaired) electrons. The van der Waals surface area contributed by atoms with Gasteiger partial charge < -0.3 is 14.5 Å². The lowest BCUT2D eigenvalue weighted by molar-refractivity contribution is 0.0805. The van der Waals surface area contributed by atoms with E-state index in [1.54, 1.807) is 0 Å². The Morgan fingerprint density at radius 1 is 1.29 bits per heavy atom. The summed E-state index contributed by atoms with van der Waals surface area (Å²) in [4.78, 5) is 15.8. The summed E-state index contributed by atoms with van der Waals surface area (Å²) in [5, 5.41) is 0. The van der Waals surface area contributed by atoms with Crippen molar-refractivity contribution < 1.29 is 9.53 Å². The van der Waals surface area contributed by atoms with E-state index in [1.165, 1.54) is 0 Å². The minimum Gasteiger partial charge on any atom is -0.448 e. The van der Waals surface area contributed by atoms with Crippen molar-refractivity contribution >= 4 is 6.09 Å². The number of nitrogens with zero attached hydrogens (tertiary/aromatic N) is 2. The maximum atomic E-state index is 11.7. The molecule has 0 aromatic heterocycles. The lowest BCUT2D eigenvalue weighted by Gasteiger charge is -2.29. The highest BCUT2D eigenvalue weighted by Gasteiger charge is 2.21.